The maximum absolute atomic E-state index is 12.5. The highest BCUT2D eigenvalue weighted by Gasteiger charge is 2.33. The molecule has 2 atom stereocenters. The lowest BCUT2D eigenvalue weighted by Gasteiger charge is -2.21. The SMILES string of the molecule is Cc1ccccc1[C@@H]1C[C@H](C)N(C(=O)CCn2cncn2)C1. The molecule has 2 heterocycles. The van der Waals surface area contributed by atoms with Crippen LogP contribution in [0.1, 0.15) is 36.8 Å². The molecule has 1 fully saturated rings. The Morgan fingerprint density at radius 2 is 2.18 bits per heavy atom. The predicted molar refractivity (Wildman–Crippen MR) is 84.4 cm³/mol. The summed E-state index contributed by atoms with van der Waals surface area (Å²) in [5, 5.41) is 4.04. The molecule has 1 aromatic carbocycles. The monoisotopic (exact) mass is 298 g/mol. The third kappa shape index (κ3) is 3.03. The number of carbonyl (C=O) groups excluding carboxylic acids is 1. The van der Waals surface area contributed by atoms with Gasteiger partial charge >= 0.3 is 0 Å². The van der Waals surface area contributed by atoms with Crippen LogP contribution >= 0.6 is 0 Å². The molecule has 5 nitrogen and oxygen atoms in total. The van der Waals surface area contributed by atoms with Gasteiger partial charge in [0.15, 0.2) is 0 Å². The molecule has 1 aromatic heterocycles. The maximum Gasteiger partial charge on any atom is 0.224 e. The van der Waals surface area contributed by atoms with Crippen LogP contribution in [0.2, 0.25) is 0 Å². The average molecular weight is 298 g/mol. The van der Waals surface area contributed by atoms with Gasteiger partial charge in [-0.25, -0.2) is 4.98 Å². The summed E-state index contributed by atoms with van der Waals surface area (Å²) < 4.78 is 1.71. The van der Waals surface area contributed by atoms with Crippen LogP contribution in [0.5, 0.6) is 0 Å². The van der Waals surface area contributed by atoms with Gasteiger partial charge in [0.25, 0.3) is 0 Å². The molecule has 2 aromatic rings. The van der Waals surface area contributed by atoms with Gasteiger partial charge < -0.3 is 4.90 Å². The van der Waals surface area contributed by atoms with Crippen molar-refractivity contribution in [3.05, 3.63) is 48.0 Å². The molecular weight excluding hydrogens is 276 g/mol. The zero-order chi connectivity index (χ0) is 15.5. The normalized spacial score (nSPS) is 21.3. The number of hydrogen-bond acceptors (Lipinski definition) is 3. The number of rotatable bonds is 4. The smallest absolute Gasteiger partial charge is 0.224 e. The minimum Gasteiger partial charge on any atom is -0.339 e. The molecule has 0 unspecified atom stereocenters. The number of amides is 1. The molecule has 0 N–H and O–H groups in total. The van der Waals surface area contributed by atoms with Crippen molar-refractivity contribution >= 4 is 5.91 Å². The lowest BCUT2D eigenvalue weighted by atomic mass is 9.93. The fourth-order valence-corrected chi connectivity index (χ4v) is 3.35. The van der Waals surface area contributed by atoms with E-state index in [0.29, 0.717) is 24.9 Å². The molecule has 3 rings (SSSR count). The molecule has 1 saturated heterocycles. The Kier molecular flexibility index (Phi) is 4.22. The van der Waals surface area contributed by atoms with E-state index in [0.717, 1.165) is 13.0 Å². The van der Waals surface area contributed by atoms with Crippen LogP contribution in [0.15, 0.2) is 36.9 Å². The maximum atomic E-state index is 12.5. The van der Waals surface area contributed by atoms with Gasteiger partial charge in [-0.05, 0) is 31.4 Å². The van der Waals surface area contributed by atoms with E-state index in [1.54, 1.807) is 11.0 Å². The highest BCUT2D eigenvalue weighted by Crippen LogP contribution is 2.33. The molecule has 22 heavy (non-hydrogen) atoms. The van der Waals surface area contributed by atoms with Crippen molar-refractivity contribution in [3.8, 4) is 0 Å². The number of nitrogens with zero attached hydrogens (tertiary/aromatic N) is 4. The van der Waals surface area contributed by atoms with E-state index in [-0.39, 0.29) is 5.91 Å². The predicted octanol–water partition coefficient (Wildman–Crippen LogP) is 2.38. The van der Waals surface area contributed by atoms with Crippen molar-refractivity contribution in [2.45, 2.75) is 45.2 Å². The van der Waals surface area contributed by atoms with E-state index in [1.807, 2.05) is 4.90 Å². The molecule has 116 valence electrons. The number of likely N-dealkylation sites (tertiary alicyclic amines) is 1. The van der Waals surface area contributed by atoms with E-state index in [9.17, 15) is 4.79 Å². The van der Waals surface area contributed by atoms with Crippen LogP contribution in [-0.4, -0.2) is 38.2 Å². The summed E-state index contributed by atoms with van der Waals surface area (Å²) in [6.45, 7) is 5.71. The van der Waals surface area contributed by atoms with Gasteiger partial charge in [0.1, 0.15) is 12.7 Å². The molecule has 0 aliphatic carbocycles. The van der Waals surface area contributed by atoms with Gasteiger partial charge in [-0.2, -0.15) is 5.10 Å². The Hall–Kier alpha value is -2.17. The van der Waals surface area contributed by atoms with Crippen LogP contribution in [0.3, 0.4) is 0 Å². The Morgan fingerprint density at radius 1 is 1.36 bits per heavy atom. The number of aromatic nitrogens is 3. The standard InChI is InChI=1S/C17H22N4O/c1-13-5-3-4-6-16(13)15-9-14(2)21(10-15)17(22)7-8-20-12-18-11-19-20/h3-6,11-12,14-15H,7-10H2,1-2H3/t14-,15+/m0/s1. The third-order valence-electron chi connectivity index (χ3n) is 4.54. The molecule has 5 heteroatoms. The quantitative estimate of drug-likeness (QED) is 0.871. The van der Waals surface area contributed by atoms with Gasteiger partial charge in [-0.3, -0.25) is 9.48 Å². The van der Waals surface area contributed by atoms with Crippen molar-refractivity contribution in [2.24, 2.45) is 0 Å². The molecule has 0 spiro atoms. The highest BCUT2D eigenvalue weighted by atomic mass is 16.2. The van der Waals surface area contributed by atoms with E-state index >= 15 is 0 Å². The Morgan fingerprint density at radius 3 is 2.91 bits per heavy atom. The third-order valence-corrected chi connectivity index (χ3v) is 4.54. The first-order chi connectivity index (χ1) is 10.6. The zero-order valence-electron chi connectivity index (χ0n) is 13.1. The van der Waals surface area contributed by atoms with Gasteiger partial charge in [0.05, 0.1) is 6.54 Å². The number of aryl methyl sites for hydroxylation is 2. The number of benzene rings is 1. The first-order valence-electron chi connectivity index (χ1n) is 7.82. The lowest BCUT2D eigenvalue weighted by molar-refractivity contribution is -0.132. The van der Waals surface area contributed by atoms with E-state index in [2.05, 4.69) is 48.2 Å². The summed E-state index contributed by atoms with van der Waals surface area (Å²) in [6, 6.07) is 8.79. The fraction of sp³-hybridized carbons (Fsp3) is 0.471. The lowest BCUT2D eigenvalue weighted by Crippen LogP contribution is -2.34. The van der Waals surface area contributed by atoms with Crippen molar-refractivity contribution in [3.63, 3.8) is 0 Å². The highest BCUT2D eigenvalue weighted by molar-refractivity contribution is 5.77. The van der Waals surface area contributed by atoms with Crippen molar-refractivity contribution in [2.75, 3.05) is 6.54 Å². The second kappa shape index (κ2) is 6.30. The van der Waals surface area contributed by atoms with Crippen LogP contribution in [0, 0.1) is 6.92 Å². The Labute approximate surface area is 131 Å². The number of carbonyl (C=O) groups is 1. The van der Waals surface area contributed by atoms with Crippen LogP contribution < -0.4 is 0 Å². The van der Waals surface area contributed by atoms with E-state index in [4.69, 9.17) is 0 Å². The molecule has 1 aliphatic heterocycles. The summed E-state index contributed by atoms with van der Waals surface area (Å²) in [7, 11) is 0. The topological polar surface area (TPSA) is 51.0 Å². The summed E-state index contributed by atoms with van der Waals surface area (Å²) in [4.78, 5) is 18.4. The number of hydrogen-bond donors (Lipinski definition) is 0. The van der Waals surface area contributed by atoms with E-state index < -0.39 is 0 Å². The molecular formula is C17H22N4O. The zero-order valence-corrected chi connectivity index (χ0v) is 13.1. The first kappa shape index (κ1) is 14.8. The second-order valence-corrected chi connectivity index (χ2v) is 6.09. The fourth-order valence-electron chi connectivity index (χ4n) is 3.35. The van der Waals surface area contributed by atoms with Gasteiger partial charge in [-0.1, -0.05) is 24.3 Å². The Bertz CT molecular complexity index is 638. The van der Waals surface area contributed by atoms with Crippen LogP contribution in [0.25, 0.3) is 0 Å². The van der Waals surface area contributed by atoms with Gasteiger partial charge in [0.2, 0.25) is 5.91 Å². The van der Waals surface area contributed by atoms with Crippen molar-refractivity contribution in [1.82, 2.24) is 19.7 Å². The molecule has 0 saturated carbocycles. The largest absolute Gasteiger partial charge is 0.339 e. The molecule has 1 aliphatic rings. The van der Waals surface area contributed by atoms with Gasteiger partial charge in [-0.15, -0.1) is 0 Å². The molecule has 0 bridgehead atoms. The summed E-state index contributed by atoms with van der Waals surface area (Å²) in [5.41, 5.74) is 2.69. The average Bonchev–Trinajstić information content (AvgIpc) is 3.15. The van der Waals surface area contributed by atoms with Crippen LogP contribution in [0.4, 0.5) is 0 Å². The first-order valence-corrected chi connectivity index (χ1v) is 7.82. The van der Waals surface area contributed by atoms with Crippen molar-refractivity contribution in [1.29, 1.82) is 0 Å². The van der Waals surface area contributed by atoms with E-state index in [1.165, 1.54) is 17.5 Å². The minimum absolute atomic E-state index is 0.207. The molecule has 1 amide bonds. The van der Waals surface area contributed by atoms with Crippen LogP contribution in [-0.2, 0) is 11.3 Å². The molecule has 0 radical (unpaired) electrons. The summed E-state index contributed by atoms with van der Waals surface area (Å²) >= 11 is 0. The Balaban J connectivity index is 1.63. The minimum atomic E-state index is 0.207. The summed E-state index contributed by atoms with van der Waals surface area (Å²) in [5.74, 6) is 0.658. The second-order valence-electron chi connectivity index (χ2n) is 6.09. The summed E-state index contributed by atoms with van der Waals surface area (Å²) in [6.07, 6.45) is 4.67. The van der Waals surface area contributed by atoms with Crippen molar-refractivity contribution < 1.29 is 4.79 Å². The van der Waals surface area contributed by atoms with Gasteiger partial charge in [0, 0.05) is 24.9 Å².